The van der Waals surface area contributed by atoms with Crippen LogP contribution in [0.5, 0.6) is 5.88 Å². The van der Waals surface area contributed by atoms with Gasteiger partial charge in [0.15, 0.2) is 0 Å². The predicted octanol–water partition coefficient (Wildman–Crippen LogP) is 0.949. The summed E-state index contributed by atoms with van der Waals surface area (Å²) in [5, 5.41) is 0. The lowest BCUT2D eigenvalue weighted by Gasteiger charge is -2.21. The number of hydrogen-bond donors (Lipinski definition) is 1. The van der Waals surface area contributed by atoms with Crippen molar-refractivity contribution in [2.45, 2.75) is 13.3 Å². The van der Waals surface area contributed by atoms with Crippen LogP contribution in [0.15, 0.2) is 10.7 Å². The summed E-state index contributed by atoms with van der Waals surface area (Å²) in [5.74, 6) is 0.752. The molecule has 2 rings (SSSR count). The second-order valence-corrected chi connectivity index (χ2v) is 5.48. The highest BCUT2D eigenvalue weighted by Gasteiger charge is 2.39. The van der Waals surface area contributed by atoms with E-state index in [0.717, 1.165) is 0 Å². The van der Waals surface area contributed by atoms with E-state index in [-0.39, 0.29) is 5.91 Å². The van der Waals surface area contributed by atoms with Crippen LogP contribution >= 0.6 is 15.9 Å². The van der Waals surface area contributed by atoms with E-state index in [0.29, 0.717) is 35.8 Å². The number of anilines is 1. The van der Waals surface area contributed by atoms with Gasteiger partial charge in [-0.1, -0.05) is 0 Å². The third-order valence-electron chi connectivity index (χ3n) is 3.24. The maximum absolute atomic E-state index is 11.4. The normalized spacial score (nSPS) is 23.2. The molecule has 1 aromatic heterocycles. The molecule has 1 unspecified atom stereocenters. The van der Waals surface area contributed by atoms with Crippen LogP contribution in [0, 0.1) is 5.41 Å². The molecule has 2 heterocycles. The summed E-state index contributed by atoms with van der Waals surface area (Å²) < 4.78 is 5.83. The molecule has 98 valence electrons. The average molecular weight is 315 g/mol. The third kappa shape index (κ3) is 2.27. The van der Waals surface area contributed by atoms with Gasteiger partial charge in [0.1, 0.15) is 0 Å². The van der Waals surface area contributed by atoms with Gasteiger partial charge < -0.3 is 15.4 Å². The van der Waals surface area contributed by atoms with Crippen LogP contribution in [0.4, 0.5) is 5.95 Å². The number of carbonyl (C=O) groups is 1. The summed E-state index contributed by atoms with van der Waals surface area (Å²) in [4.78, 5) is 21.9. The van der Waals surface area contributed by atoms with Crippen molar-refractivity contribution in [2.75, 3.05) is 25.1 Å². The average Bonchev–Trinajstić information content (AvgIpc) is 2.74. The Kier molecular flexibility index (Phi) is 3.43. The maximum Gasteiger partial charge on any atom is 0.232 e. The minimum atomic E-state index is -0.510. The van der Waals surface area contributed by atoms with Crippen LogP contribution in [0.3, 0.4) is 0 Å². The topological polar surface area (TPSA) is 81.3 Å². The largest absolute Gasteiger partial charge is 0.480 e. The number of methoxy groups -OCH3 is 1. The molecule has 18 heavy (non-hydrogen) atoms. The molecule has 6 nitrogen and oxygen atoms in total. The molecule has 0 bridgehead atoms. The van der Waals surface area contributed by atoms with Crippen molar-refractivity contribution in [1.82, 2.24) is 9.97 Å². The van der Waals surface area contributed by atoms with Gasteiger partial charge in [-0.25, -0.2) is 4.98 Å². The molecule has 0 aliphatic carbocycles. The molecule has 1 atom stereocenters. The number of amides is 1. The molecular formula is C11H15BrN4O2. The van der Waals surface area contributed by atoms with Gasteiger partial charge in [-0.2, -0.15) is 4.98 Å². The summed E-state index contributed by atoms with van der Waals surface area (Å²) in [7, 11) is 1.55. The van der Waals surface area contributed by atoms with Crippen LogP contribution in [0.25, 0.3) is 0 Å². The van der Waals surface area contributed by atoms with Gasteiger partial charge in [-0.3, -0.25) is 4.79 Å². The molecule has 1 saturated heterocycles. The number of rotatable bonds is 3. The predicted molar refractivity (Wildman–Crippen MR) is 70.4 cm³/mol. The quantitative estimate of drug-likeness (QED) is 0.898. The van der Waals surface area contributed by atoms with Gasteiger partial charge in [-0.05, 0) is 29.3 Å². The molecule has 1 aliphatic heterocycles. The summed E-state index contributed by atoms with van der Waals surface area (Å²) in [5.41, 5.74) is 4.90. The van der Waals surface area contributed by atoms with Crippen LogP contribution in [-0.2, 0) is 4.79 Å². The zero-order valence-electron chi connectivity index (χ0n) is 10.3. The highest BCUT2D eigenvalue weighted by atomic mass is 79.9. The lowest BCUT2D eigenvalue weighted by atomic mass is 9.89. The highest BCUT2D eigenvalue weighted by molar-refractivity contribution is 9.10. The van der Waals surface area contributed by atoms with Crippen LogP contribution in [-0.4, -0.2) is 36.1 Å². The highest BCUT2D eigenvalue weighted by Crippen LogP contribution is 2.32. The second kappa shape index (κ2) is 4.72. The van der Waals surface area contributed by atoms with E-state index in [9.17, 15) is 4.79 Å². The molecule has 1 fully saturated rings. The summed E-state index contributed by atoms with van der Waals surface area (Å²) in [6.45, 7) is 3.11. The van der Waals surface area contributed by atoms with Crippen molar-refractivity contribution < 1.29 is 9.53 Å². The monoisotopic (exact) mass is 314 g/mol. The molecule has 2 N–H and O–H groups in total. The van der Waals surface area contributed by atoms with Gasteiger partial charge in [0, 0.05) is 13.1 Å². The first-order valence-corrected chi connectivity index (χ1v) is 6.37. The first-order valence-electron chi connectivity index (χ1n) is 5.58. The van der Waals surface area contributed by atoms with E-state index in [4.69, 9.17) is 10.5 Å². The van der Waals surface area contributed by atoms with Gasteiger partial charge in [0.25, 0.3) is 0 Å². The number of aromatic nitrogens is 2. The van der Waals surface area contributed by atoms with Crippen molar-refractivity contribution in [1.29, 1.82) is 0 Å². The maximum atomic E-state index is 11.4. The van der Waals surface area contributed by atoms with E-state index < -0.39 is 5.41 Å². The van der Waals surface area contributed by atoms with Gasteiger partial charge in [0.2, 0.25) is 17.7 Å². The molecule has 1 aliphatic rings. The Morgan fingerprint density at radius 3 is 2.94 bits per heavy atom. The zero-order chi connectivity index (χ0) is 13.3. The Hall–Kier alpha value is -1.37. The second-order valence-electron chi connectivity index (χ2n) is 4.62. The number of halogens is 1. The molecule has 1 amide bonds. The number of primary amides is 1. The lowest BCUT2D eigenvalue weighted by molar-refractivity contribution is -0.125. The lowest BCUT2D eigenvalue weighted by Crippen LogP contribution is -2.37. The van der Waals surface area contributed by atoms with E-state index in [1.807, 2.05) is 11.8 Å². The smallest absolute Gasteiger partial charge is 0.232 e. The van der Waals surface area contributed by atoms with Gasteiger partial charge in [-0.15, -0.1) is 0 Å². The number of ether oxygens (including phenoxy) is 1. The van der Waals surface area contributed by atoms with Crippen molar-refractivity contribution in [3.8, 4) is 5.88 Å². The number of hydrogen-bond acceptors (Lipinski definition) is 5. The number of carbonyl (C=O) groups excluding carboxylic acids is 1. The van der Waals surface area contributed by atoms with Crippen molar-refractivity contribution >= 4 is 27.8 Å². The molecule has 0 aromatic carbocycles. The Morgan fingerprint density at radius 1 is 1.67 bits per heavy atom. The number of nitrogens with two attached hydrogens (primary N) is 1. The Morgan fingerprint density at radius 2 is 2.39 bits per heavy atom. The standard InChI is InChI=1S/C11H15BrN4O2/c1-11(9(13)17)3-4-16(6-11)10-14-5-7(12)8(15-10)18-2/h5H,3-4,6H2,1-2H3,(H2,13,17). The van der Waals surface area contributed by atoms with Crippen LogP contribution in [0.1, 0.15) is 13.3 Å². The fraction of sp³-hybridized carbons (Fsp3) is 0.545. The van der Waals surface area contributed by atoms with Crippen molar-refractivity contribution in [3.05, 3.63) is 10.7 Å². The van der Waals surface area contributed by atoms with E-state index in [2.05, 4.69) is 25.9 Å². The SMILES string of the molecule is COc1nc(N2CCC(C)(C(N)=O)C2)ncc1Br. The van der Waals surface area contributed by atoms with Crippen molar-refractivity contribution in [3.63, 3.8) is 0 Å². The molecular weight excluding hydrogens is 300 g/mol. The Bertz CT molecular complexity index is 482. The summed E-state index contributed by atoms with van der Waals surface area (Å²) in [6, 6.07) is 0. The van der Waals surface area contributed by atoms with Gasteiger partial charge in [0.05, 0.1) is 23.2 Å². The summed E-state index contributed by atoms with van der Waals surface area (Å²) >= 11 is 3.30. The first kappa shape index (κ1) is 13.1. The molecule has 7 heteroatoms. The molecule has 0 radical (unpaired) electrons. The third-order valence-corrected chi connectivity index (χ3v) is 3.79. The molecule has 0 saturated carbocycles. The van der Waals surface area contributed by atoms with Crippen molar-refractivity contribution in [2.24, 2.45) is 11.1 Å². The fourth-order valence-corrected chi connectivity index (χ4v) is 2.32. The zero-order valence-corrected chi connectivity index (χ0v) is 11.9. The first-order chi connectivity index (χ1) is 8.46. The van der Waals surface area contributed by atoms with Gasteiger partial charge >= 0.3 is 0 Å². The van der Waals surface area contributed by atoms with Crippen LogP contribution < -0.4 is 15.4 Å². The van der Waals surface area contributed by atoms with E-state index >= 15 is 0 Å². The van der Waals surface area contributed by atoms with E-state index in [1.54, 1.807) is 13.3 Å². The van der Waals surface area contributed by atoms with Crippen LogP contribution in [0.2, 0.25) is 0 Å². The minimum absolute atomic E-state index is 0.283. The minimum Gasteiger partial charge on any atom is -0.480 e. The molecule has 0 spiro atoms. The fourth-order valence-electron chi connectivity index (χ4n) is 1.97. The Balaban J connectivity index is 2.22. The Labute approximate surface area is 114 Å². The summed E-state index contributed by atoms with van der Waals surface area (Å²) in [6.07, 6.45) is 2.35. The van der Waals surface area contributed by atoms with E-state index in [1.165, 1.54) is 0 Å². The molecule has 1 aromatic rings. The number of nitrogens with zero attached hydrogens (tertiary/aromatic N) is 3.